The predicted octanol–water partition coefficient (Wildman–Crippen LogP) is 1.93. The summed E-state index contributed by atoms with van der Waals surface area (Å²) >= 11 is 0. The second-order valence-electron chi connectivity index (χ2n) is 3.41. The van der Waals surface area contributed by atoms with E-state index in [1.165, 1.54) is 0 Å². The Morgan fingerprint density at radius 2 is 2.20 bits per heavy atom. The van der Waals surface area contributed by atoms with E-state index < -0.39 is 10.0 Å². The van der Waals surface area contributed by atoms with Crippen LogP contribution >= 0.6 is 0 Å². The van der Waals surface area contributed by atoms with Crippen molar-refractivity contribution in [2.24, 2.45) is 0 Å². The van der Waals surface area contributed by atoms with Gasteiger partial charge in [0.2, 0.25) is 10.0 Å². The van der Waals surface area contributed by atoms with Crippen LogP contribution in [0.15, 0.2) is 18.3 Å². The lowest BCUT2D eigenvalue weighted by Crippen LogP contribution is -2.17. The molecule has 0 aliphatic heterocycles. The highest BCUT2D eigenvalue weighted by Gasteiger charge is 2.10. The van der Waals surface area contributed by atoms with Crippen LogP contribution < -0.4 is 4.72 Å². The molecule has 1 aromatic rings. The molecule has 15 heavy (non-hydrogen) atoms. The number of rotatable bonds is 5. The predicted molar refractivity (Wildman–Crippen MR) is 61.3 cm³/mol. The van der Waals surface area contributed by atoms with E-state index in [4.69, 9.17) is 0 Å². The van der Waals surface area contributed by atoms with Gasteiger partial charge in [0.05, 0.1) is 17.1 Å². The highest BCUT2D eigenvalue weighted by Crippen LogP contribution is 2.12. The maximum absolute atomic E-state index is 11.6. The van der Waals surface area contributed by atoms with Gasteiger partial charge in [0.15, 0.2) is 0 Å². The van der Waals surface area contributed by atoms with Crippen molar-refractivity contribution in [2.45, 2.75) is 26.7 Å². The van der Waals surface area contributed by atoms with Crippen molar-refractivity contribution in [1.29, 1.82) is 0 Å². The standard InChI is InChI=1S/C10H16N2O2S/c1-3-4-8-15(13,14)12-10-6-5-7-11-9(10)2/h5-7,12H,3-4,8H2,1-2H3. The largest absolute Gasteiger partial charge is 0.282 e. The second kappa shape index (κ2) is 5.11. The third-order valence-electron chi connectivity index (χ3n) is 2.04. The highest BCUT2D eigenvalue weighted by atomic mass is 32.2. The molecule has 1 aromatic heterocycles. The zero-order valence-corrected chi connectivity index (χ0v) is 9.84. The van der Waals surface area contributed by atoms with Crippen molar-refractivity contribution in [3.05, 3.63) is 24.0 Å². The van der Waals surface area contributed by atoms with E-state index in [0.29, 0.717) is 17.8 Å². The lowest BCUT2D eigenvalue weighted by atomic mass is 10.3. The van der Waals surface area contributed by atoms with Gasteiger partial charge in [-0.05, 0) is 25.5 Å². The van der Waals surface area contributed by atoms with Gasteiger partial charge < -0.3 is 0 Å². The van der Waals surface area contributed by atoms with E-state index in [-0.39, 0.29) is 5.75 Å². The zero-order valence-electron chi connectivity index (χ0n) is 9.03. The summed E-state index contributed by atoms with van der Waals surface area (Å²) in [6.07, 6.45) is 3.18. The van der Waals surface area contributed by atoms with Crippen molar-refractivity contribution < 1.29 is 8.42 Å². The fourth-order valence-electron chi connectivity index (χ4n) is 1.15. The molecule has 0 aromatic carbocycles. The van der Waals surface area contributed by atoms with Crippen LogP contribution in [0.1, 0.15) is 25.5 Å². The fraction of sp³-hybridized carbons (Fsp3) is 0.500. The Morgan fingerprint density at radius 3 is 2.80 bits per heavy atom. The van der Waals surface area contributed by atoms with E-state index in [0.717, 1.165) is 6.42 Å². The summed E-state index contributed by atoms with van der Waals surface area (Å²) in [5.74, 6) is 0.165. The third-order valence-corrected chi connectivity index (χ3v) is 3.40. The van der Waals surface area contributed by atoms with Crippen molar-refractivity contribution in [2.75, 3.05) is 10.5 Å². The van der Waals surface area contributed by atoms with Gasteiger partial charge in [-0.25, -0.2) is 8.42 Å². The number of hydrogen-bond acceptors (Lipinski definition) is 3. The van der Waals surface area contributed by atoms with E-state index in [2.05, 4.69) is 9.71 Å². The summed E-state index contributed by atoms with van der Waals surface area (Å²) < 4.78 is 25.7. The lowest BCUT2D eigenvalue weighted by molar-refractivity contribution is 0.598. The summed E-state index contributed by atoms with van der Waals surface area (Å²) in [6, 6.07) is 3.43. The Bertz CT molecular complexity index is 415. The molecule has 0 spiro atoms. The first kappa shape index (κ1) is 12.0. The number of aromatic nitrogens is 1. The molecule has 0 aliphatic carbocycles. The summed E-state index contributed by atoms with van der Waals surface area (Å²) in [5.41, 5.74) is 1.26. The average Bonchev–Trinajstić information content (AvgIpc) is 2.18. The van der Waals surface area contributed by atoms with Gasteiger partial charge in [-0.15, -0.1) is 0 Å². The molecular formula is C10H16N2O2S. The Hall–Kier alpha value is -1.10. The minimum atomic E-state index is -3.21. The molecule has 1 N–H and O–H groups in total. The van der Waals surface area contributed by atoms with E-state index >= 15 is 0 Å². The fourth-order valence-corrected chi connectivity index (χ4v) is 2.47. The van der Waals surface area contributed by atoms with Gasteiger partial charge in [-0.2, -0.15) is 0 Å². The van der Waals surface area contributed by atoms with Gasteiger partial charge >= 0.3 is 0 Å². The van der Waals surface area contributed by atoms with E-state index in [9.17, 15) is 8.42 Å². The Balaban J connectivity index is 2.74. The molecule has 0 unspecified atom stereocenters. The zero-order chi connectivity index (χ0) is 11.3. The maximum atomic E-state index is 11.6. The van der Waals surface area contributed by atoms with Crippen LogP contribution in [0.4, 0.5) is 5.69 Å². The quantitative estimate of drug-likeness (QED) is 0.837. The Morgan fingerprint density at radius 1 is 1.47 bits per heavy atom. The Labute approximate surface area is 90.8 Å². The van der Waals surface area contributed by atoms with Crippen LogP contribution in [0.3, 0.4) is 0 Å². The van der Waals surface area contributed by atoms with Gasteiger partial charge in [0.25, 0.3) is 0 Å². The number of unbranched alkanes of at least 4 members (excludes halogenated alkanes) is 1. The van der Waals surface area contributed by atoms with Crippen LogP contribution in [-0.4, -0.2) is 19.2 Å². The van der Waals surface area contributed by atoms with Gasteiger partial charge in [-0.3, -0.25) is 9.71 Å². The number of sulfonamides is 1. The molecule has 0 amide bonds. The number of hydrogen-bond donors (Lipinski definition) is 1. The first-order valence-corrected chi connectivity index (χ1v) is 6.62. The highest BCUT2D eigenvalue weighted by molar-refractivity contribution is 7.92. The topological polar surface area (TPSA) is 59.1 Å². The monoisotopic (exact) mass is 228 g/mol. The molecule has 1 rings (SSSR count). The van der Waals surface area contributed by atoms with Gasteiger partial charge in [0.1, 0.15) is 0 Å². The lowest BCUT2D eigenvalue weighted by Gasteiger charge is -2.08. The van der Waals surface area contributed by atoms with Crippen LogP contribution in [0.5, 0.6) is 0 Å². The van der Waals surface area contributed by atoms with Crippen molar-refractivity contribution in [3.8, 4) is 0 Å². The molecule has 0 bridgehead atoms. The van der Waals surface area contributed by atoms with Crippen molar-refractivity contribution in [1.82, 2.24) is 4.98 Å². The van der Waals surface area contributed by atoms with Crippen LogP contribution in [0.2, 0.25) is 0 Å². The average molecular weight is 228 g/mol. The summed E-state index contributed by atoms with van der Waals surface area (Å²) in [7, 11) is -3.21. The molecule has 0 atom stereocenters. The van der Waals surface area contributed by atoms with Gasteiger partial charge in [0, 0.05) is 6.20 Å². The minimum Gasteiger partial charge on any atom is -0.282 e. The van der Waals surface area contributed by atoms with Crippen LogP contribution in [-0.2, 0) is 10.0 Å². The molecule has 0 saturated heterocycles. The van der Waals surface area contributed by atoms with E-state index in [1.807, 2.05) is 6.92 Å². The molecular weight excluding hydrogens is 212 g/mol. The van der Waals surface area contributed by atoms with Crippen molar-refractivity contribution in [3.63, 3.8) is 0 Å². The molecule has 4 nitrogen and oxygen atoms in total. The maximum Gasteiger partial charge on any atom is 0.232 e. The minimum absolute atomic E-state index is 0.165. The number of nitrogens with one attached hydrogen (secondary N) is 1. The Kier molecular flexibility index (Phi) is 4.08. The van der Waals surface area contributed by atoms with Crippen LogP contribution in [0.25, 0.3) is 0 Å². The summed E-state index contributed by atoms with van der Waals surface area (Å²) in [6.45, 7) is 3.74. The number of pyridine rings is 1. The molecule has 0 aliphatic rings. The molecule has 0 radical (unpaired) electrons. The SMILES string of the molecule is CCCCS(=O)(=O)Nc1cccnc1C. The van der Waals surface area contributed by atoms with Crippen LogP contribution in [0, 0.1) is 6.92 Å². The number of nitrogens with zero attached hydrogens (tertiary/aromatic N) is 1. The normalized spacial score (nSPS) is 11.3. The first-order chi connectivity index (χ1) is 7.05. The summed E-state index contributed by atoms with van der Waals surface area (Å²) in [4.78, 5) is 4.02. The first-order valence-electron chi connectivity index (χ1n) is 4.97. The molecule has 84 valence electrons. The molecule has 0 fully saturated rings. The smallest absolute Gasteiger partial charge is 0.232 e. The number of anilines is 1. The molecule has 1 heterocycles. The molecule has 0 saturated carbocycles. The second-order valence-corrected chi connectivity index (χ2v) is 5.25. The van der Waals surface area contributed by atoms with Gasteiger partial charge in [-0.1, -0.05) is 13.3 Å². The number of aryl methyl sites for hydroxylation is 1. The summed E-state index contributed by atoms with van der Waals surface area (Å²) in [5, 5.41) is 0. The third kappa shape index (κ3) is 3.87. The van der Waals surface area contributed by atoms with E-state index in [1.54, 1.807) is 25.3 Å². The van der Waals surface area contributed by atoms with Crippen molar-refractivity contribution >= 4 is 15.7 Å². The molecule has 5 heteroatoms.